The van der Waals surface area contributed by atoms with E-state index in [9.17, 15) is 18.0 Å². The molecule has 0 aliphatic heterocycles. The van der Waals surface area contributed by atoms with Crippen molar-refractivity contribution in [2.45, 2.75) is 37.8 Å². The normalized spacial score (nSPS) is 12.5. The maximum absolute atomic E-state index is 12.3. The number of anilines is 1. The lowest BCUT2D eigenvalue weighted by atomic mass is 10.2. The number of halogens is 2. The zero-order valence-electron chi connectivity index (χ0n) is 15.9. The van der Waals surface area contributed by atoms with Crippen molar-refractivity contribution in [1.82, 2.24) is 4.72 Å². The Balaban J connectivity index is 2.00. The maximum Gasteiger partial charge on any atom is 0.338 e. The van der Waals surface area contributed by atoms with Crippen LogP contribution in [-0.4, -0.2) is 32.4 Å². The molecule has 0 aromatic heterocycles. The van der Waals surface area contributed by atoms with Gasteiger partial charge in [-0.15, -0.1) is 0 Å². The number of sulfonamides is 1. The summed E-state index contributed by atoms with van der Waals surface area (Å²) in [4.78, 5) is 24.5. The van der Waals surface area contributed by atoms with Crippen molar-refractivity contribution in [3.63, 3.8) is 0 Å². The fourth-order valence-corrected chi connectivity index (χ4v) is 3.79. The van der Waals surface area contributed by atoms with E-state index in [2.05, 4.69) is 10.0 Å². The van der Waals surface area contributed by atoms with E-state index in [4.69, 9.17) is 27.9 Å². The minimum absolute atomic E-state index is 0.0725. The molecule has 2 N–H and O–H groups in total. The maximum atomic E-state index is 12.3. The molecule has 29 heavy (non-hydrogen) atoms. The molecule has 1 unspecified atom stereocenters. The quantitative estimate of drug-likeness (QED) is 0.613. The van der Waals surface area contributed by atoms with E-state index in [1.54, 1.807) is 13.8 Å². The Morgan fingerprint density at radius 1 is 0.966 bits per heavy atom. The van der Waals surface area contributed by atoms with Gasteiger partial charge in [-0.3, -0.25) is 4.79 Å². The van der Waals surface area contributed by atoms with Crippen LogP contribution in [0.4, 0.5) is 5.69 Å². The van der Waals surface area contributed by atoms with Gasteiger partial charge in [-0.1, -0.05) is 23.2 Å². The number of esters is 1. The number of benzene rings is 2. The van der Waals surface area contributed by atoms with Gasteiger partial charge in [-0.25, -0.2) is 17.9 Å². The Morgan fingerprint density at radius 2 is 1.59 bits per heavy atom. The van der Waals surface area contributed by atoms with Crippen LogP contribution in [0.5, 0.6) is 0 Å². The lowest BCUT2D eigenvalue weighted by Gasteiger charge is -2.14. The van der Waals surface area contributed by atoms with Gasteiger partial charge in [0.2, 0.25) is 10.0 Å². The number of nitrogens with one attached hydrogen (secondary N) is 2. The largest absolute Gasteiger partial charge is 0.449 e. The molecule has 2 rings (SSSR count). The van der Waals surface area contributed by atoms with Gasteiger partial charge in [0.1, 0.15) is 0 Å². The van der Waals surface area contributed by atoms with E-state index in [0.717, 1.165) is 0 Å². The Morgan fingerprint density at radius 3 is 2.14 bits per heavy atom. The Hall–Kier alpha value is -2.13. The monoisotopic (exact) mass is 458 g/mol. The molecule has 0 radical (unpaired) electrons. The van der Waals surface area contributed by atoms with Crippen LogP contribution in [-0.2, 0) is 19.6 Å². The van der Waals surface area contributed by atoms with Crippen molar-refractivity contribution < 1.29 is 22.7 Å². The third kappa shape index (κ3) is 6.43. The average molecular weight is 459 g/mol. The molecule has 2 aromatic rings. The highest BCUT2D eigenvalue weighted by Gasteiger charge is 2.20. The van der Waals surface area contributed by atoms with E-state index in [1.165, 1.54) is 49.4 Å². The molecule has 2 aromatic carbocycles. The van der Waals surface area contributed by atoms with E-state index in [-0.39, 0.29) is 21.5 Å². The first-order valence-electron chi connectivity index (χ1n) is 8.59. The molecule has 0 saturated carbocycles. The smallest absolute Gasteiger partial charge is 0.338 e. The summed E-state index contributed by atoms with van der Waals surface area (Å²) in [6.07, 6.45) is -1.09. The fraction of sp³-hybridized carbons (Fsp3) is 0.263. The van der Waals surface area contributed by atoms with Gasteiger partial charge in [0.05, 0.1) is 20.5 Å². The molecule has 0 spiro atoms. The second kappa shape index (κ2) is 9.58. The molecule has 7 nitrogen and oxygen atoms in total. The van der Waals surface area contributed by atoms with Crippen LogP contribution >= 0.6 is 23.2 Å². The van der Waals surface area contributed by atoms with E-state index in [1.807, 2.05) is 0 Å². The second-order valence-electron chi connectivity index (χ2n) is 6.47. The Labute approximate surface area is 179 Å². The molecule has 1 atom stereocenters. The number of hydrogen-bond acceptors (Lipinski definition) is 5. The van der Waals surface area contributed by atoms with Gasteiger partial charge in [0.15, 0.2) is 6.10 Å². The first-order valence-corrected chi connectivity index (χ1v) is 10.8. The summed E-state index contributed by atoms with van der Waals surface area (Å²) < 4.78 is 31.8. The van der Waals surface area contributed by atoms with Crippen molar-refractivity contribution >= 4 is 50.8 Å². The van der Waals surface area contributed by atoms with Crippen LogP contribution < -0.4 is 10.0 Å². The van der Waals surface area contributed by atoms with Crippen molar-refractivity contribution in [1.29, 1.82) is 0 Å². The molecule has 0 bridgehead atoms. The summed E-state index contributed by atoms with van der Waals surface area (Å²) in [6, 6.07) is 9.62. The summed E-state index contributed by atoms with van der Waals surface area (Å²) in [5.41, 5.74) is 0.516. The van der Waals surface area contributed by atoms with Gasteiger partial charge < -0.3 is 10.1 Å². The van der Waals surface area contributed by atoms with Gasteiger partial charge in [-0.2, -0.15) is 0 Å². The Bertz CT molecular complexity index is 1010. The molecule has 0 heterocycles. The minimum atomic E-state index is -3.63. The van der Waals surface area contributed by atoms with Crippen molar-refractivity contribution in [2.24, 2.45) is 0 Å². The topological polar surface area (TPSA) is 102 Å². The number of amides is 1. The molecule has 0 aliphatic rings. The second-order valence-corrected chi connectivity index (χ2v) is 8.99. The summed E-state index contributed by atoms with van der Waals surface area (Å²) in [5.74, 6) is -1.30. The summed E-state index contributed by atoms with van der Waals surface area (Å²) in [5, 5.41) is 3.05. The lowest BCUT2D eigenvalue weighted by molar-refractivity contribution is -0.123. The van der Waals surface area contributed by atoms with Crippen LogP contribution in [0.2, 0.25) is 10.0 Å². The van der Waals surface area contributed by atoms with Crippen molar-refractivity contribution in [2.75, 3.05) is 5.32 Å². The van der Waals surface area contributed by atoms with E-state index >= 15 is 0 Å². The molecule has 0 fully saturated rings. The van der Waals surface area contributed by atoms with E-state index < -0.39 is 28.0 Å². The molecule has 0 aliphatic carbocycles. The first kappa shape index (κ1) is 23.2. The van der Waals surface area contributed by atoms with Gasteiger partial charge >= 0.3 is 5.97 Å². The van der Waals surface area contributed by atoms with Crippen LogP contribution in [0.25, 0.3) is 0 Å². The third-order valence-electron chi connectivity index (χ3n) is 3.63. The number of carbonyl (C=O) groups excluding carboxylic acids is 2. The van der Waals surface area contributed by atoms with Crippen LogP contribution in [0.3, 0.4) is 0 Å². The van der Waals surface area contributed by atoms with Crippen molar-refractivity contribution in [3.05, 3.63) is 58.1 Å². The summed E-state index contributed by atoms with van der Waals surface area (Å²) >= 11 is 11.7. The summed E-state index contributed by atoms with van der Waals surface area (Å²) in [7, 11) is -3.63. The highest BCUT2D eigenvalue weighted by molar-refractivity contribution is 7.89. The summed E-state index contributed by atoms with van der Waals surface area (Å²) in [6.45, 7) is 4.84. The highest BCUT2D eigenvalue weighted by Crippen LogP contribution is 2.23. The van der Waals surface area contributed by atoms with E-state index in [0.29, 0.717) is 10.7 Å². The lowest BCUT2D eigenvalue weighted by Crippen LogP contribution is -2.30. The van der Waals surface area contributed by atoms with Crippen LogP contribution in [0, 0.1) is 0 Å². The minimum Gasteiger partial charge on any atom is -0.449 e. The number of ether oxygens (including phenoxy) is 1. The van der Waals surface area contributed by atoms with Crippen LogP contribution in [0.15, 0.2) is 47.4 Å². The fourth-order valence-electron chi connectivity index (χ4n) is 2.24. The predicted molar refractivity (Wildman–Crippen MR) is 112 cm³/mol. The zero-order valence-corrected chi connectivity index (χ0v) is 18.2. The number of hydrogen-bond donors (Lipinski definition) is 2. The van der Waals surface area contributed by atoms with Crippen molar-refractivity contribution in [3.8, 4) is 0 Å². The molecule has 10 heteroatoms. The third-order valence-corrected chi connectivity index (χ3v) is 6.04. The molecule has 1 amide bonds. The molecular weight excluding hydrogens is 439 g/mol. The molecule has 156 valence electrons. The Kier molecular flexibility index (Phi) is 7.65. The van der Waals surface area contributed by atoms with Crippen LogP contribution in [0.1, 0.15) is 31.1 Å². The SMILES string of the molecule is CC(C)NS(=O)(=O)c1ccc(NC(=O)C(C)OC(=O)c2ccc(Cl)c(Cl)c2)cc1. The standard InChI is InChI=1S/C19H20Cl2N2O5S/c1-11(2)23-29(26,27)15-7-5-14(6-8-15)22-18(24)12(3)28-19(25)13-4-9-16(20)17(21)10-13/h4-12,23H,1-3H3,(H,22,24). The molecule has 0 saturated heterocycles. The van der Waals surface area contributed by atoms with Gasteiger partial charge in [0, 0.05) is 11.7 Å². The first-order chi connectivity index (χ1) is 13.5. The van der Waals surface area contributed by atoms with Gasteiger partial charge in [0.25, 0.3) is 5.91 Å². The number of rotatable bonds is 7. The average Bonchev–Trinajstić information content (AvgIpc) is 2.63. The number of carbonyl (C=O) groups is 2. The zero-order chi connectivity index (χ0) is 21.8. The molecular formula is C19H20Cl2N2O5S. The predicted octanol–water partition coefficient (Wildman–Crippen LogP) is 3.86. The highest BCUT2D eigenvalue weighted by atomic mass is 35.5. The van der Waals surface area contributed by atoms with Gasteiger partial charge in [-0.05, 0) is 63.2 Å².